The molecule has 1 aliphatic carbocycles. The molecular formula is C21H25N5O3S. The first kappa shape index (κ1) is 19.4. The van der Waals surface area contributed by atoms with Crippen LogP contribution in [-0.2, 0) is 4.79 Å². The molecule has 1 N–H and O–H groups in total. The van der Waals surface area contributed by atoms with Crippen LogP contribution < -0.4 is 15.0 Å². The van der Waals surface area contributed by atoms with Crippen LogP contribution in [0.3, 0.4) is 0 Å². The van der Waals surface area contributed by atoms with Crippen LogP contribution in [0.4, 0.5) is 11.6 Å². The standard InChI is InChI=1S/C21H25N5O3S/c1-13(19(28)14-5-8-17-16(11-14)22-18(27)12-29-17)30-21-24-23-20(26(21)15-6-7-15)25-9-3-2-4-10-25/h5,8,11,13,15H,2-4,6-7,9-10,12H2,1H3,(H,22,27)/t13-/m0/s1. The number of amides is 1. The monoisotopic (exact) mass is 427 g/mol. The van der Waals surface area contributed by atoms with Gasteiger partial charge in [-0.1, -0.05) is 11.8 Å². The minimum Gasteiger partial charge on any atom is -0.482 e. The summed E-state index contributed by atoms with van der Waals surface area (Å²) < 4.78 is 7.62. The van der Waals surface area contributed by atoms with Gasteiger partial charge in [-0.3, -0.25) is 14.2 Å². The molecule has 3 heterocycles. The Morgan fingerprint density at radius 3 is 2.80 bits per heavy atom. The van der Waals surface area contributed by atoms with E-state index in [9.17, 15) is 9.59 Å². The van der Waals surface area contributed by atoms with Gasteiger partial charge in [-0.25, -0.2) is 0 Å². The number of thioether (sulfide) groups is 1. The van der Waals surface area contributed by atoms with Crippen molar-refractivity contribution in [1.82, 2.24) is 14.8 Å². The Labute approximate surface area is 179 Å². The van der Waals surface area contributed by atoms with Gasteiger partial charge in [0.1, 0.15) is 5.75 Å². The molecule has 2 fully saturated rings. The fourth-order valence-electron chi connectivity index (χ4n) is 3.99. The first-order chi connectivity index (χ1) is 14.6. The average molecular weight is 428 g/mol. The highest BCUT2D eigenvalue weighted by molar-refractivity contribution is 8.00. The molecule has 2 aromatic rings. The molecule has 1 amide bonds. The summed E-state index contributed by atoms with van der Waals surface area (Å²) in [6, 6.07) is 5.62. The van der Waals surface area contributed by atoms with Crippen molar-refractivity contribution < 1.29 is 14.3 Å². The van der Waals surface area contributed by atoms with Crippen molar-refractivity contribution in [1.29, 1.82) is 0 Å². The van der Waals surface area contributed by atoms with E-state index >= 15 is 0 Å². The second-order valence-corrected chi connectivity index (χ2v) is 9.41. The largest absolute Gasteiger partial charge is 0.482 e. The number of carbonyl (C=O) groups is 2. The molecule has 30 heavy (non-hydrogen) atoms. The van der Waals surface area contributed by atoms with Crippen molar-refractivity contribution in [2.45, 2.75) is 55.5 Å². The van der Waals surface area contributed by atoms with Crippen molar-refractivity contribution in [3.05, 3.63) is 23.8 Å². The Balaban J connectivity index is 1.34. The number of aromatic nitrogens is 3. The van der Waals surface area contributed by atoms with Gasteiger partial charge in [0.25, 0.3) is 5.91 Å². The van der Waals surface area contributed by atoms with Crippen molar-refractivity contribution in [3.63, 3.8) is 0 Å². The second-order valence-electron chi connectivity index (χ2n) is 8.10. The smallest absolute Gasteiger partial charge is 0.262 e. The quantitative estimate of drug-likeness (QED) is 0.559. The first-order valence-corrected chi connectivity index (χ1v) is 11.5. The highest BCUT2D eigenvalue weighted by Gasteiger charge is 2.33. The number of carbonyl (C=O) groups excluding carboxylic acids is 2. The van der Waals surface area contributed by atoms with E-state index in [0.717, 1.165) is 37.0 Å². The molecule has 0 unspecified atom stereocenters. The van der Waals surface area contributed by atoms with Crippen molar-refractivity contribution >= 4 is 35.1 Å². The molecule has 1 saturated carbocycles. The lowest BCUT2D eigenvalue weighted by Crippen LogP contribution is -2.32. The maximum atomic E-state index is 13.1. The molecule has 1 aromatic carbocycles. The highest BCUT2D eigenvalue weighted by Crippen LogP contribution is 2.42. The first-order valence-electron chi connectivity index (χ1n) is 10.6. The summed E-state index contributed by atoms with van der Waals surface area (Å²) in [7, 11) is 0. The van der Waals surface area contributed by atoms with Crippen LogP contribution in [0.5, 0.6) is 5.75 Å². The number of fused-ring (bicyclic) bond motifs is 1. The molecule has 158 valence electrons. The van der Waals surface area contributed by atoms with Crippen LogP contribution in [0.1, 0.15) is 55.4 Å². The minimum atomic E-state index is -0.320. The minimum absolute atomic E-state index is 0.00270. The highest BCUT2D eigenvalue weighted by atomic mass is 32.2. The number of anilines is 2. The van der Waals surface area contributed by atoms with Gasteiger partial charge in [0.15, 0.2) is 17.5 Å². The number of piperidine rings is 1. The van der Waals surface area contributed by atoms with Crippen LogP contribution in [-0.4, -0.2) is 51.4 Å². The van der Waals surface area contributed by atoms with E-state index in [1.165, 1.54) is 31.0 Å². The van der Waals surface area contributed by atoms with Gasteiger partial charge in [-0.15, -0.1) is 10.2 Å². The summed E-state index contributed by atoms with van der Waals surface area (Å²) in [6.45, 7) is 3.94. The topological polar surface area (TPSA) is 89.4 Å². The Bertz CT molecular complexity index is 981. The normalized spacial score (nSPS) is 19.6. The molecule has 5 rings (SSSR count). The molecule has 3 aliphatic rings. The van der Waals surface area contributed by atoms with E-state index in [1.54, 1.807) is 18.2 Å². The Morgan fingerprint density at radius 1 is 1.23 bits per heavy atom. The van der Waals surface area contributed by atoms with Gasteiger partial charge >= 0.3 is 0 Å². The Morgan fingerprint density at radius 2 is 2.03 bits per heavy atom. The predicted molar refractivity (Wildman–Crippen MR) is 115 cm³/mol. The van der Waals surface area contributed by atoms with Crippen LogP contribution in [0.25, 0.3) is 0 Å². The third-order valence-electron chi connectivity index (χ3n) is 5.75. The third-order valence-corrected chi connectivity index (χ3v) is 6.80. The Hall–Kier alpha value is -2.55. The summed E-state index contributed by atoms with van der Waals surface area (Å²) in [6.07, 6.45) is 5.92. The summed E-state index contributed by atoms with van der Waals surface area (Å²) in [4.78, 5) is 27.0. The van der Waals surface area contributed by atoms with Crippen LogP contribution in [0, 0.1) is 0 Å². The van der Waals surface area contributed by atoms with E-state index in [2.05, 4.69) is 25.0 Å². The molecule has 0 radical (unpaired) electrons. The number of nitrogens with one attached hydrogen (secondary N) is 1. The lowest BCUT2D eigenvalue weighted by atomic mass is 10.1. The van der Waals surface area contributed by atoms with Gasteiger partial charge in [0, 0.05) is 24.7 Å². The van der Waals surface area contributed by atoms with Crippen molar-refractivity contribution in [2.75, 3.05) is 29.9 Å². The summed E-state index contributed by atoms with van der Waals surface area (Å²) in [5, 5.41) is 12.2. The molecule has 1 aromatic heterocycles. The van der Waals surface area contributed by atoms with Crippen molar-refractivity contribution in [3.8, 4) is 5.75 Å². The van der Waals surface area contributed by atoms with E-state index in [1.807, 2.05) is 6.92 Å². The number of hydrogen-bond acceptors (Lipinski definition) is 7. The molecular weight excluding hydrogens is 402 g/mol. The zero-order valence-corrected chi connectivity index (χ0v) is 17.8. The predicted octanol–water partition coefficient (Wildman–Crippen LogP) is 3.30. The number of benzene rings is 1. The lowest BCUT2D eigenvalue weighted by Gasteiger charge is -2.28. The average Bonchev–Trinajstić information content (AvgIpc) is 3.53. The van der Waals surface area contributed by atoms with Gasteiger partial charge in [0.2, 0.25) is 5.95 Å². The summed E-state index contributed by atoms with van der Waals surface area (Å²) in [5.41, 5.74) is 1.09. The SMILES string of the molecule is C[C@H](Sc1nnc(N2CCCCC2)n1C1CC1)C(=O)c1ccc2c(c1)NC(=O)CO2. The van der Waals surface area contributed by atoms with E-state index in [4.69, 9.17) is 4.74 Å². The van der Waals surface area contributed by atoms with Gasteiger partial charge in [0.05, 0.1) is 10.9 Å². The fraction of sp³-hybridized carbons (Fsp3) is 0.524. The molecule has 9 heteroatoms. The summed E-state index contributed by atoms with van der Waals surface area (Å²) in [5.74, 6) is 1.32. The number of Topliss-reactive ketones (excluding diaryl/α,β-unsaturated/α-hetero) is 1. The van der Waals surface area contributed by atoms with Gasteiger partial charge < -0.3 is 15.0 Å². The number of hydrogen-bond donors (Lipinski definition) is 1. The van der Waals surface area contributed by atoms with Gasteiger partial charge in [-0.2, -0.15) is 0 Å². The van der Waals surface area contributed by atoms with Crippen LogP contribution in [0.2, 0.25) is 0 Å². The third kappa shape index (κ3) is 3.78. The summed E-state index contributed by atoms with van der Waals surface area (Å²) >= 11 is 1.46. The lowest BCUT2D eigenvalue weighted by molar-refractivity contribution is -0.118. The second kappa shape index (κ2) is 7.94. The number of ketones is 1. The maximum Gasteiger partial charge on any atom is 0.262 e. The van der Waals surface area contributed by atoms with Crippen LogP contribution in [0.15, 0.2) is 23.4 Å². The Kier molecular flexibility index (Phi) is 5.14. The van der Waals surface area contributed by atoms with Gasteiger partial charge in [-0.05, 0) is 57.2 Å². The van der Waals surface area contributed by atoms with E-state index in [-0.39, 0.29) is 23.5 Å². The molecule has 1 saturated heterocycles. The molecule has 1 atom stereocenters. The number of ether oxygens (including phenoxy) is 1. The number of rotatable bonds is 6. The molecule has 0 bridgehead atoms. The molecule has 8 nitrogen and oxygen atoms in total. The zero-order chi connectivity index (χ0) is 20.7. The molecule has 2 aliphatic heterocycles. The van der Waals surface area contributed by atoms with E-state index < -0.39 is 0 Å². The molecule has 0 spiro atoms. The maximum absolute atomic E-state index is 13.1. The van der Waals surface area contributed by atoms with E-state index in [0.29, 0.717) is 23.0 Å². The van der Waals surface area contributed by atoms with Crippen LogP contribution >= 0.6 is 11.8 Å². The fourth-order valence-corrected chi connectivity index (χ4v) is 4.99. The number of nitrogens with zero attached hydrogens (tertiary/aromatic N) is 4. The zero-order valence-electron chi connectivity index (χ0n) is 17.0. The van der Waals surface area contributed by atoms with Crippen molar-refractivity contribution in [2.24, 2.45) is 0 Å².